The second-order valence-corrected chi connectivity index (χ2v) is 4.84. The second kappa shape index (κ2) is 4.49. The Balaban J connectivity index is 1.89. The van der Waals surface area contributed by atoms with Gasteiger partial charge in [0.05, 0.1) is 5.69 Å². The van der Waals surface area contributed by atoms with Gasteiger partial charge in [0, 0.05) is 19.5 Å². The number of aliphatic carboxylic acids is 1. The average molecular weight is 262 g/mol. The Morgan fingerprint density at radius 2 is 2.42 bits per heavy atom. The zero-order chi connectivity index (χ0) is 13.4. The van der Waals surface area contributed by atoms with E-state index in [1.807, 2.05) is 6.92 Å². The molecule has 0 bridgehead atoms. The molecule has 7 nitrogen and oxygen atoms in total. The molecule has 7 heteroatoms. The zero-order valence-corrected chi connectivity index (χ0v) is 10.5. The third-order valence-corrected chi connectivity index (χ3v) is 3.47. The van der Waals surface area contributed by atoms with Gasteiger partial charge in [-0.1, -0.05) is 5.16 Å². The van der Waals surface area contributed by atoms with E-state index in [0.29, 0.717) is 12.3 Å². The highest BCUT2D eigenvalue weighted by atomic mass is 16.5. The largest absolute Gasteiger partial charge is 0.481 e. The predicted molar refractivity (Wildman–Crippen MR) is 66.9 cm³/mol. The van der Waals surface area contributed by atoms with Crippen LogP contribution in [0.2, 0.25) is 0 Å². The van der Waals surface area contributed by atoms with Crippen LogP contribution in [0.25, 0.3) is 11.1 Å². The van der Waals surface area contributed by atoms with Crippen molar-refractivity contribution in [1.29, 1.82) is 0 Å². The van der Waals surface area contributed by atoms with Crippen LogP contribution < -0.4 is 4.90 Å². The molecule has 0 amide bonds. The first kappa shape index (κ1) is 11.9. The van der Waals surface area contributed by atoms with Crippen LogP contribution in [0.1, 0.15) is 18.5 Å². The molecule has 1 saturated heterocycles. The molecule has 100 valence electrons. The smallest absolute Gasteiger partial charge is 0.303 e. The molecule has 2 aromatic heterocycles. The molecule has 1 aliphatic heterocycles. The first-order chi connectivity index (χ1) is 9.15. The van der Waals surface area contributed by atoms with Gasteiger partial charge in [0.2, 0.25) is 0 Å². The van der Waals surface area contributed by atoms with Crippen molar-refractivity contribution in [2.24, 2.45) is 5.92 Å². The Kier molecular flexibility index (Phi) is 2.81. The molecular weight excluding hydrogens is 248 g/mol. The van der Waals surface area contributed by atoms with E-state index in [2.05, 4.69) is 20.0 Å². The summed E-state index contributed by atoms with van der Waals surface area (Å²) in [5, 5.41) is 13.6. The summed E-state index contributed by atoms with van der Waals surface area (Å²) in [5.74, 6) is 0.208. The van der Waals surface area contributed by atoms with Gasteiger partial charge in [0.25, 0.3) is 5.71 Å². The molecule has 1 aliphatic rings. The van der Waals surface area contributed by atoms with Crippen LogP contribution in [0, 0.1) is 12.8 Å². The van der Waals surface area contributed by atoms with E-state index in [1.54, 1.807) is 0 Å². The first-order valence-corrected chi connectivity index (χ1v) is 6.19. The zero-order valence-electron chi connectivity index (χ0n) is 10.5. The molecule has 1 N–H and O–H groups in total. The monoisotopic (exact) mass is 262 g/mol. The fraction of sp³-hybridized carbons (Fsp3) is 0.500. The minimum absolute atomic E-state index is 0.169. The summed E-state index contributed by atoms with van der Waals surface area (Å²) in [4.78, 5) is 21.2. The minimum atomic E-state index is -0.749. The second-order valence-electron chi connectivity index (χ2n) is 4.84. The first-order valence-electron chi connectivity index (χ1n) is 6.19. The highest BCUT2D eigenvalue weighted by molar-refractivity contribution is 5.88. The molecule has 3 rings (SSSR count). The Labute approximate surface area is 109 Å². The standard InChI is InChI=1S/C12H14N4O3/c1-7-10-11(13-6-14-12(10)19-15-7)16-3-2-8(5-16)4-9(17)18/h6,8H,2-5H2,1H3,(H,17,18). The summed E-state index contributed by atoms with van der Waals surface area (Å²) in [5.41, 5.74) is 1.23. The lowest BCUT2D eigenvalue weighted by Crippen LogP contribution is -2.22. The van der Waals surface area contributed by atoms with Crippen molar-refractivity contribution >= 4 is 22.9 Å². The van der Waals surface area contributed by atoms with Crippen molar-refractivity contribution < 1.29 is 14.4 Å². The molecule has 0 saturated carbocycles. The molecule has 2 aromatic rings. The highest BCUT2D eigenvalue weighted by Gasteiger charge is 2.27. The fourth-order valence-electron chi connectivity index (χ4n) is 2.58. The van der Waals surface area contributed by atoms with E-state index in [9.17, 15) is 4.79 Å². The van der Waals surface area contributed by atoms with Gasteiger partial charge in [0.15, 0.2) is 0 Å². The fourth-order valence-corrected chi connectivity index (χ4v) is 2.58. The van der Waals surface area contributed by atoms with Gasteiger partial charge in [-0.3, -0.25) is 4.79 Å². The van der Waals surface area contributed by atoms with Crippen LogP contribution in [0.5, 0.6) is 0 Å². The lowest BCUT2D eigenvalue weighted by atomic mass is 10.1. The number of hydrogen-bond acceptors (Lipinski definition) is 6. The summed E-state index contributed by atoms with van der Waals surface area (Å²) in [6.07, 6.45) is 2.52. The van der Waals surface area contributed by atoms with Crippen LogP contribution in [0.3, 0.4) is 0 Å². The van der Waals surface area contributed by atoms with Gasteiger partial charge in [-0.2, -0.15) is 4.98 Å². The Morgan fingerprint density at radius 3 is 3.21 bits per heavy atom. The number of carboxylic acids is 1. The number of anilines is 1. The summed E-state index contributed by atoms with van der Waals surface area (Å²) >= 11 is 0. The number of fused-ring (bicyclic) bond motifs is 1. The van der Waals surface area contributed by atoms with Crippen LogP contribution in [0.15, 0.2) is 10.9 Å². The molecule has 0 aliphatic carbocycles. The summed E-state index contributed by atoms with van der Waals surface area (Å²) < 4.78 is 5.12. The number of aromatic nitrogens is 3. The van der Waals surface area contributed by atoms with Crippen molar-refractivity contribution in [1.82, 2.24) is 15.1 Å². The Bertz CT molecular complexity index is 624. The molecule has 0 spiro atoms. The summed E-state index contributed by atoms with van der Waals surface area (Å²) in [7, 11) is 0. The molecule has 0 aromatic carbocycles. The van der Waals surface area contributed by atoms with E-state index in [4.69, 9.17) is 9.63 Å². The number of carbonyl (C=O) groups is 1. The summed E-state index contributed by atoms with van der Waals surface area (Å²) in [6, 6.07) is 0. The highest BCUT2D eigenvalue weighted by Crippen LogP contribution is 2.30. The third-order valence-electron chi connectivity index (χ3n) is 3.47. The van der Waals surface area contributed by atoms with Crippen molar-refractivity contribution in [3.8, 4) is 0 Å². The number of hydrogen-bond donors (Lipinski definition) is 1. The van der Waals surface area contributed by atoms with Crippen molar-refractivity contribution in [3.63, 3.8) is 0 Å². The van der Waals surface area contributed by atoms with Crippen molar-refractivity contribution in [3.05, 3.63) is 12.0 Å². The lowest BCUT2D eigenvalue weighted by Gasteiger charge is -2.17. The van der Waals surface area contributed by atoms with E-state index in [1.165, 1.54) is 6.33 Å². The predicted octanol–water partition coefficient (Wildman–Crippen LogP) is 1.23. The van der Waals surface area contributed by atoms with Gasteiger partial charge in [-0.05, 0) is 19.3 Å². The van der Waals surface area contributed by atoms with Gasteiger partial charge in [0.1, 0.15) is 17.5 Å². The minimum Gasteiger partial charge on any atom is -0.481 e. The van der Waals surface area contributed by atoms with Gasteiger partial charge in [-0.25, -0.2) is 4.98 Å². The quantitative estimate of drug-likeness (QED) is 0.889. The molecule has 19 heavy (non-hydrogen) atoms. The van der Waals surface area contributed by atoms with Crippen LogP contribution in [-0.2, 0) is 4.79 Å². The molecule has 1 fully saturated rings. The van der Waals surface area contributed by atoms with Crippen molar-refractivity contribution in [2.45, 2.75) is 19.8 Å². The Morgan fingerprint density at radius 1 is 1.58 bits per heavy atom. The number of nitrogens with zero attached hydrogens (tertiary/aromatic N) is 4. The van der Waals surface area contributed by atoms with E-state index in [-0.39, 0.29) is 12.3 Å². The van der Waals surface area contributed by atoms with E-state index >= 15 is 0 Å². The molecule has 1 unspecified atom stereocenters. The van der Waals surface area contributed by atoms with Crippen LogP contribution in [-0.4, -0.2) is 39.3 Å². The van der Waals surface area contributed by atoms with Crippen molar-refractivity contribution in [2.75, 3.05) is 18.0 Å². The van der Waals surface area contributed by atoms with Gasteiger partial charge < -0.3 is 14.5 Å². The molecular formula is C12H14N4O3. The number of aryl methyl sites for hydroxylation is 1. The van der Waals surface area contributed by atoms with Crippen LogP contribution in [0.4, 0.5) is 5.82 Å². The maximum absolute atomic E-state index is 10.8. The maximum Gasteiger partial charge on any atom is 0.303 e. The van der Waals surface area contributed by atoms with Gasteiger partial charge in [-0.15, -0.1) is 0 Å². The van der Waals surface area contributed by atoms with Crippen LogP contribution >= 0.6 is 0 Å². The molecule has 3 heterocycles. The topological polar surface area (TPSA) is 92.4 Å². The molecule has 1 atom stereocenters. The lowest BCUT2D eigenvalue weighted by molar-refractivity contribution is -0.137. The number of rotatable bonds is 3. The van der Waals surface area contributed by atoms with Gasteiger partial charge >= 0.3 is 5.97 Å². The normalized spacial score (nSPS) is 19.2. The maximum atomic E-state index is 10.8. The van der Waals surface area contributed by atoms with E-state index in [0.717, 1.165) is 29.9 Å². The average Bonchev–Trinajstić information content (AvgIpc) is 2.96. The molecule has 0 radical (unpaired) electrons. The number of carboxylic acid groups (broad SMARTS) is 1. The van der Waals surface area contributed by atoms with E-state index < -0.39 is 5.97 Å². The summed E-state index contributed by atoms with van der Waals surface area (Å²) in [6.45, 7) is 3.35. The Hall–Kier alpha value is -2.18. The third kappa shape index (κ3) is 2.11. The SMILES string of the molecule is Cc1noc2ncnc(N3CCC(CC(=O)O)C3)c12.